The first-order valence-electron chi connectivity index (χ1n) is 18.6. The molecular weight excluding hydrogens is 558 g/mol. The highest BCUT2D eigenvalue weighted by Crippen LogP contribution is 2.13. The van der Waals surface area contributed by atoms with Crippen LogP contribution in [0.5, 0.6) is 0 Å². The number of rotatable bonds is 32. The molecule has 0 spiro atoms. The van der Waals surface area contributed by atoms with Crippen molar-refractivity contribution in [1.29, 1.82) is 0 Å². The summed E-state index contributed by atoms with van der Waals surface area (Å²) < 4.78 is 0. The highest BCUT2D eigenvalue weighted by atomic mass is 16.3. The molecular formula is C40H71NO4. The smallest absolute Gasteiger partial charge is 0.249 e. The molecule has 0 aliphatic carbocycles. The Balaban J connectivity index is 3.82. The molecule has 0 rings (SSSR count). The zero-order valence-corrected chi connectivity index (χ0v) is 29.2. The minimum atomic E-state index is -1.11. The van der Waals surface area contributed by atoms with Crippen molar-refractivity contribution in [2.75, 3.05) is 6.61 Å². The molecule has 0 heterocycles. The summed E-state index contributed by atoms with van der Waals surface area (Å²) in [4.78, 5) is 12.4. The van der Waals surface area contributed by atoms with Gasteiger partial charge in [-0.25, -0.2) is 0 Å². The molecule has 260 valence electrons. The molecule has 0 radical (unpaired) electrons. The topological polar surface area (TPSA) is 89.8 Å². The molecule has 0 aromatic carbocycles. The van der Waals surface area contributed by atoms with Gasteiger partial charge in [-0.05, 0) is 70.6 Å². The van der Waals surface area contributed by atoms with E-state index in [1.807, 2.05) is 6.08 Å². The van der Waals surface area contributed by atoms with E-state index in [1.165, 1.54) is 96.3 Å². The number of carbonyl (C=O) groups is 1. The molecule has 0 bridgehead atoms. The number of unbranched alkanes of at least 4 members (excludes halogenated alkanes) is 17. The highest BCUT2D eigenvalue weighted by molar-refractivity contribution is 5.80. The van der Waals surface area contributed by atoms with Gasteiger partial charge in [-0.15, -0.1) is 0 Å². The number of aliphatic hydroxyl groups excluding tert-OH is 3. The molecule has 0 saturated carbocycles. The number of nitrogens with one attached hydrogen (secondary N) is 1. The molecule has 1 amide bonds. The van der Waals surface area contributed by atoms with Crippen molar-refractivity contribution >= 4 is 5.91 Å². The van der Waals surface area contributed by atoms with E-state index in [0.717, 1.165) is 44.9 Å². The van der Waals surface area contributed by atoms with Gasteiger partial charge < -0.3 is 20.6 Å². The second kappa shape index (κ2) is 34.9. The summed E-state index contributed by atoms with van der Waals surface area (Å²) in [6, 6.07) is -0.823. The molecule has 0 aliphatic rings. The molecule has 45 heavy (non-hydrogen) atoms. The minimum Gasteiger partial charge on any atom is -0.394 e. The average molecular weight is 630 g/mol. The molecule has 3 atom stereocenters. The first-order chi connectivity index (χ1) is 22.1. The van der Waals surface area contributed by atoms with Crippen molar-refractivity contribution in [3.05, 3.63) is 60.8 Å². The van der Waals surface area contributed by atoms with Crippen molar-refractivity contribution < 1.29 is 20.1 Å². The third kappa shape index (κ3) is 30.5. The third-order valence-corrected chi connectivity index (χ3v) is 8.09. The maximum atomic E-state index is 12.4. The first-order valence-corrected chi connectivity index (χ1v) is 18.6. The molecule has 0 aromatic heterocycles. The van der Waals surface area contributed by atoms with Crippen molar-refractivity contribution in [3.63, 3.8) is 0 Å². The lowest BCUT2D eigenvalue weighted by Crippen LogP contribution is -2.48. The Morgan fingerprint density at radius 1 is 0.556 bits per heavy atom. The molecule has 5 nitrogen and oxygen atoms in total. The maximum absolute atomic E-state index is 12.4. The Kier molecular flexibility index (Phi) is 33.4. The van der Waals surface area contributed by atoms with Crippen LogP contribution in [0.4, 0.5) is 0 Å². The van der Waals surface area contributed by atoms with Crippen molar-refractivity contribution in [2.24, 2.45) is 0 Å². The van der Waals surface area contributed by atoms with Crippen LogP contribution in [0, 0.1) is 0 Å². The fourth-order valence-corrected chi connectivity index (χ4v) is 5.09. The van der Waals surface area contributed by atoms with Crippen LogP contribution in [0.1, 0.15) is 162 Å². The molecule has 0 aromatic rings. The van der Waals surface area contributed by atoms with Gasteiger partial charge in [-0.2, -0.15) is 0 Å². The fraction of sp³-hybridized carbons (Fsp3) is 0.725. The van der Waals surface area contributed by atoms with Crippen molar-refractivity contribution in [1.82, 2.24) is 5.32 Å². The second-order valence-electron chi connectivity index (χ2n) is 12.4. The number of amides is 1. The first kappa shape index (κ1) is 43.0. The number of carbonyl (C=O) groups excluding carboxylic acids is 1. The van der Waals surface area contributed by atoms with Gasteiger partial charge >= 0.3 is 0 Å². The Morgan fingerprint density at radius 2 is 0.978 bits per heavy atom. The zero-order valence-electron chi connectivity index (χ0n) is 29.2. The van der Waals surface area contributed by atoms with E-state index in [-0.39, 0.29) is 6.61 Å². The maximum Gasteiger partial charge on any atom is 0.249 e. The van der Waals surface area contributed by atoms with E-state index in [1.54, 1.807) is 6.08 Å². The third-order valence-electron chi connectivity index (χ3n) is 8.09. The van der Waals surface area contributed by atoms with Gasteiger partial charge in [-0.1, -0.05) is 152 Å². The summed E-state index contributed by atoms with van der Waals surface area (Å²) >= 11 is 0. The van der Waals surface area contributed by atoms with E-state index >= 15 is 0 Å². The number of aliphatic hydroxyl groups is 3. The molecule has 5 heteroatoms. The summed E-state index contributed by atoms with van der Waals surface area (Å²) in [5.74, 6) is -0.526. The van der Waals surface area contributed by atoms with Gasteiger partial charge in [0, 0.05) is 0 Å². The minimum absolute atomic E-state index is 0.386. The fourth-order valence-electron chi connectivity index (χ4n) is 5.09. The van der Waals surface area contributed by atoms with E-state index < -0.39 is 24.2 Å². The van der Waals surface area contributed by atoms with Gasteiger partial charge in [-0.3, -0.25) is 4.79 Å². The zero-order chi connectivity index (χ0) is 33.1. The second-order valence-corrected chi connectivity index (χ2v) is 12.4. The summed E-state index contributed by atoms with van der Waals surface area (Å²) in [5, 5.41) is 32.9. The van der Waals surface area contributed by atoms with Crippen LogP contribution < -0.4 is 5.32 Å². The lowest BCUT2D eigenvalue weighted by molar-refractivity contribution is -0.131. The molecule has 3 unspecified atom stereocenters. The average Bonchev–Trinajstić information content (AvgIpc) is 3.04. The van der Waals surface area contributed by atoms with Crippen LogP contribution in [0.25, 0.3) is 0 Å². The normalized spacial score (nSPS) is 14.5. The van der Waals surface area contributed by atoms with Crippen molar-refractivity contribution in [3.8, 4) is 0 Å². The highest BCUT2D eigenvalue weighted by Gasteiger charge is 2.22. The van der Waals surface area contributed by atoms with Crippen molar-refractivity contribution in [2.45, 2.75) is 180 Å². The number of hydrogen-bond donors (Lipinski definition) is 4. The van der Waals surface area contributed by atoms with Crippen LogP contribution in [0.2, 0.25) is 0 Å². The van der Waals surface area contributed by atoms with E-state index in [9.17, 15) is 20.1 Å². The van der Waals surface area contributed by atoms with Crippen LogP contribution in [-0.2, 0) is 4.79 Å². The van der Waals surface area contributed by atoms with Gasteiger partial charge in [0.2, 0.25) is 5.91 Å². The Labute approximate surface area is 278 Å². The summed E-state index contributed by atoms with van der Waals surface area (Å²) in [6.07, 6.45) is 45.1. The summed E-state index contributed by atoms with van der Waals surface area (Å²) in [5.41, 5.74) is 0. The lowest BCUT2D eigenvalue weighted by atomic mass is 10.0. The number of hydrogen-bond acceptors (Lipinski definition) is 4. The number of allylic oxidation sites excluding steroid dienone is 9. The lowest BCUT2D eigenvalue weighted by Gasteiger charge is -2.21. The van der Waals surface area contributed by atoms with Crippen LogP contribution in [-0.4, -0.2) is 46.1 Å². The molecule has 0 saturated heterocycles. The standard InChI is InChI=1S/C40H71NO4/c1-3-5-7-9-11-13-15-17-18-19-20-21-23-25-27-29-31-33-35-39(44)40(45)41-37(36-42)38(43)34-32-30-28-26-24-22-16-14-12-10-8-6-4-2/h11-15,17,24,26,32,34,37-39,42-44H,3-10,16,18-23,25,27-31,33,35-36H2,1-2H3,(H,41,45)/b13-11-,14-12+,17-15-,26-24+,34-32+. The van der Waals surface area contributed by atoms with Gasteiger partial charge in [0.25, 0.3) is 0 Å². The predicted molar refractivity (Wildman–Crippen MR) is 194 cm³/mol. The van der Waals surface area contributed by atoms with E-state index in [0.29, 0.717) is 6.42 Å². The largest absolute Gasteiger partial charge is 0.394 e. The Bertz CT molecular complexity index is 785. The predicted octanol–water partition coefficient (Wildman–Crippen LogP) is 9.98. The van der Waals surface area contributed by atoms with Crippen LogP contribution in [0.3, 0.4) is 0 Å². The van der Waals surface area contributed by atoms with E-state index in [4.69, 9.17) is 0 Å². The summed E-state index contributed by atoms with van der Waals surface area (Å²) in [7, 11) is 0. The summed E-state index contributed by atoms with van der Waals surface area (Å²) in [6.45, 7) is 4.08. The quantitative estimate of drug-likeness (QED) is 0.0339. The SMILES string of the molecule is CCCCC/C=C\C=C/CCCCCCCCCCCC(O)C(=O)NC(CO)C(O)/C=C/CC/C=C/CC/C=C/CCCCC. The van der Waals surface area contributed by atoms with Gasteiger partial charge in [0.15, 0.2) is 0 Å². The van der Waals surface area contributed by atoms with Gasteiger partial charge in [0.1, 0.15) is 6.10 Å². The molecule has 0 aliphatic heterocycles. The van der Waals surface area contributed by atoms with Gasteiger partial charge in [0.05, 0.1) is 18.8 Å². The van der Waals surface area contributed by atoms with E-state index in [2.05, 4.69) is 67.8 Å². The van der Waals surface area contributed by atoms with Crippen LogP contribution >= 0.6 is 0 Å². The molecule has 4 N–H and O–H groups in total. The van der Waals surface area contributed by atoms with Crippen LogP contribution in [0.15, 0.2) is 60.8 Å². The molecule has 0 fully saturated rings. The Morgan fingerprint density at radius 3 is 1.49 bits per heavy atom. The Hall–Kier alpha value is -1.95. The monoisotopic (exact) mass is 630 g/mol.